The molecule has 0 saturated carbocycles. The highest BCUT2D eigenvalue weighted by atomic mass is 35.5. The molecule has 0 bridgehead atoms. The van der Waals surface area contributed by atoms with Gasteiger partial charge in [-0.15, -0.1) is 5.10 Å². The van der Waals surface area contributed by atoms with Crippen molar-refractivity contribution in [3.63, 3.8) is 0 Å². The summed E-state index contributed by atoms with van der Waals surface area (Å²) in [7, 11) is 3.17. The second-order valence-electron chi connectivity index (χ2n) is 5.25. The van der Waals surface area contributed by atoms with Gasteiger partial charge in [-0.1, -0.05) is 35.0 Å². The fourth-order valence-electron chi connectivity index (χ4n) is 2.34. The Hall–Kier alpha value is -3.06. The highest BCUT2D eigenvalue weighted by Gasteiger charge is 2.22. The topological polar surface area (TPSA) is 86.3 Å². The molecule has 0 atom stereocenters. The first-order chi connectivity index (χ1) is 12.0. The van der Waals surface area contributed by atoms with Gasteiger partial charge in [0.25, 0.3) is 5.91 Å². The molecule has 0 saturated heterocycles. The Balaban J connectivity index is 1.95. The summed E-state index contributed by atoms with van der Waals surface area (Å²) in [5.41, 5.74) is 7.49. The fourth-order valence-corrected chi connectivity index (χ4v) is 2.53. The van der Waals surface area contributed by atoms with Gasteiger partial charge in [-0.25, -0.2) is 0 Å². The fraction of sp³-hybridized carbons (Fsp3) is 0.118. The van der Waals surface area contributed by atoms with Crippen LogP contribution >= 0.6 is 11.6 Å². The summed E-state index contributed by atoms with van der Waals surface area (Å²) in [6.45, 7) is 0. The number of benzene rings is 2. The number of nitrogen functional groups attached to an aromatic ring is 1. The van der Waals surface area contributed by atoms with Crippen molar-refractivity contribution in [1.82, 2.24) is 15.0 Å². The third-order valence-electron chi connectivity index (χ3n) is 3.73. The first-order valence-electron chi connectivity index (χ1n) is 7.41. The van der Waals surface area contributed by atoms with Gasteiger partial charge in [-0.2, -0.15) is 4.68 Å². The number of methoxy groups -OCH3 is 1. The Morgan fingerprint density at radius 1 is 1.24 bits per heavy atom. The SMILES string of the molecule is COc1cc(-n2nnc(C(=O)N(C)c3ccccc3)c2N)ccc1Cl. The number of anilines is 2. The van der Waals surface area contributed by atoms with Crippen molar-refractivity contribution in [2.45, 2.75) is 0 Å². The molecule has 3 rings (SSSR count). The Bertz CT molecular complexity index is 911. The number of rotatable bonds is 4. The molecular weight excluding hydrogens is 342 g/mol. The minimum atomic E-state index is -0.351. The molecule has 3 aromatic rings. The van der Waals surface area contributed by atoms with Crippen LogP contribution in [0.2, 0.25) is 5.02 Å². The lowest BCUT2D eigenvalue weighted by molar-refractivity contribution is 0.0989. The van der Waals surface area contributed by atoms with E-state index >= 15 is 0 Å². The molecule has 1 aromatic heterocycles. The standard InChI is InChI=1S/C17H16ClN5O2/c1-22(11-6-4-3-5-7-11)17(24)15-16(19)23(21-20-15)12-8-9-13(18)14(10-12)25-2/h3-10H,19H2,1-2H3. The molecule has 0 radical (unpaired) electrons. The minimum Gasteiger partial charge on any atom is -0.495 e. The Labute approximate surface area is 149 Å². The number of ether oxygens (including phenoxy) is 1. The number of hydrogen-bond donors (Lipinski definition) is 1. The molecule has 1 amide bonds. The number of hydrogen-bond acceptors (Lipinski definition) is 5. The van der Waals surface area contributed by atoms with Crippen LogP contribution in [0.4, 0.5) is 11.5 Å². The largest absolute Gasteiger partial charge is 0.495 e. The van der Waals surface area contributed by atoms with Crippen LogP contribution in [0, 0.1) is 0 Å². The molecule has 0 spiro atoms. The summed E-state index contributed by atoms with van der Waals surface area (Å²) in [6.07, 6.45) is 0. The van der Waals surface area contributed by atoms with Gasteiger partial charge in [0.05, 0.1) is 17.8 Å². The maximum absolute atomic E-state index is 12.7. The van der Waals surface area contributed by atoms with Gasteiger partial charge < -0.3 is 15.4 Å². The summed E-state index contributed by atoms with van der Waals surface area (Å²) >= 11 is 6.03. The second kappa shape index (κ2) is 6.82. The van der Waals surface area contributed by atoms with E-state index in [-0.39, 0.29) is 17.4 Å². The van der Waals surface area contributed by atoms with E-state index in [2.05, 4.69) is 10.3 Å². The van der Waals surface area contributed by atoms with Crippen molar-refractivity contribution in [2.24, 2.45) is 0 Å². The van der Waals surface area contributed by atoms with Gasteiger partial charge >= 0.3 is 0 Å². The number of halogens is 1. The Morgan fingerprint density at radius 3 is 2.64 bits per heavy atom. The van der Waals surface area contributed by atoms with Gasteiger partial charge in [0, 0.05) is 18.8 Å². The minimum absolute atomic E-state index is 0.0697. The van der Waals surface area contributed by atoms with Crippen LogP contribution in [0.25, 0.3) is 5.69 Å². The van der Waals surface area contributed by atoms with Crippen molar-refractivity contribution in [3.05, 3.63) is 59.2 Å². The zero-order chi connectivity index (χ0) is 18.0. The molecular formula is C17H16ClN5O2. The molecule has 0 unspecified atom stereocenters. The highest BCUT2D eigenvalue weighted by Crippen LogP contribution is 2.28. The van der Waals surface area contributed by atoms with E-state index in [4.69, 9.17) is 22.1 Å². The number of amides is 1. The number of carbonyl (C=O) groups is 1. The van der Waals surface area contributed by atoms with Gasteiger partial charge in [0.2, 0.25) is 0 Å². The monoisotopic (exact) mass is 357 g/mol. The maximum Gasteiger partial charge on any atom is 0.282 e. The van der Waals surface area contributed by atoms with Crippen LogP contribution in [0.5, 0.6) is 5.75 Å². The van der Waals surface area contributed by atoms with E-state index in [0.717, 1.165) is 5.69 Å². The maximum atomic E-state index is 12.7. The van der Waals surface area contributed by atoms with Crippen molar-refractivity contribution in [2.75, 3.05) is 24.8 Å². The number of carbonyl (C=O) groups excluding carboxylic acids is 1. The van der Waals surface area contributed by atoms with Crippen molar-refractivity contribution >= 4 is 29.0 Å². The molecule has 2 N–H and O–H groups in total. The normalized spacial score (nSPS) is 10.5. The van der Waals surface area contributed by atoms with Crippen molar-refractivity contribution in [3.8, 4) is 11.4 Å². The lowest BCUT2D eigenvalue weighted by Gasteiger charge is -2.16. The zero-order valence-corrected chi connectivity index (χ0v) is 14.4. The molecule has 1 heterocycles. The number of nitrogens with two attached hydrogens (primary N) is 1. The summed E-state index contributed by atoms with van der Waals surface area (Å²) in [6, 6.07) is 14.3. The van der Waals surface area contributed by atoms with Gasteiger partial charge in [0.15, 0.2) is 11.5 Å². The predicted octanol–water partition coefficient (Wildman–Crippen LogP) is 2.79. The number of para-hydroxylation sites is 1. The lowest BCUT2D eigenvalue weighted by Crippen LogP contribution is -2.27. The van der Waals surface area contributed by atoms with Crippen LogP contribution in [0.15, 0.2) is 48.5 Å². The van der Waals surface area contributed by atoms with Crippen LogP contribution in [-0.2, 0) is 0 Å². The van der Waals surface area contributed by atoms with Crippen LogP contribution in [-0.4, -0.2) is 35.1 Å². The van der Waals surface area contributed by atoms with E-state index in [1.165, 1.54) is 16.7 Å². The summed E-state index contributed by atoms with van der Waals surface area (Å²) in [5, 5.41) is 8.39. The van der Waals surface area contributed by atoms with Gasteiger partial charge in [0.1, 0.15) is 5.75 Å². The van der Waals surface area contributed by atoms with E-state index in [0.29, 0.717) is 16.5 Å². The van der Waals surface area contributed by atoms with E-state index in [1.807, 2.05) is 30.3 Å². The Morgan fingerprint density at radius 2 is 1.96 bits per heavy atom. The number of nitrogens with zero attached hydrogens (tertiary/aromatic N) is 4. The van der Waals surface area contributed by atoms with E-state index < -0.39 is 0 Å². The first-order valence-corrected chi connectivity index (χ1v) is 7.79. The third-order valence-corrected chi connectivity index (χ3v) is 4.05. The molecule has 8 heteroatoms. The van der Waals surface area contributed by atoms with Crippen molar-refractivity contribution < 1.29 is 9.53 Å². The van der Waals surface area contributed by atoms with Crippen LogP contribution in [0.3, 0.4) is 0 Å². The van der Waals surface area contributed by atoms with E-state index in [9.17, 15) is 4.79 Å². The summed E-state index contributed by atoms with van der Waals surface area (Å²) in [5.74, 6) is 0.261. The zero-order valence-electron chi connectivity index (χ0n) is 13.7. The molecule has 7 nitrogen and oxygen atoms in total. The molecule has 0 aliphatic carbocycles. The molecule has 0 aliphatic rings. The molecule has 0 fully saturated rings. The average molecular weight is 358 g/mol. The summed E-state index contributed by atoms with van der Waals surface area (Å²) < 4.78 is 6.55. The molecule has 0 aliphatic heterocycles. The van der Waals surface area contributed by atoms with Crippen LogP contribution < -0.4 is 15.4 Å². The quantitative estimate of drug-likeness (QED) is 0.775. The van der Waals surface area contributed by atoms with Crippen molar-refractivity contribution in [1.29, 1.82) is 0 Å². The summed E-state index contributed by atoms with van der Waals surface area (Å²) in [4.78, 5) is 14.1. The second-order valence-corrected chi connectivity index (χ2v) is 5.66. The first kappa shape index (κ1) is 16.8. The Kier molecular flexibility index (Phi) is 4.58. The lowest BCUT2D eigenvalue weighted by atomic mass is 10.2. The third kappa shape index (κ3) is 3.14. The molecule has 25 heavy (non-hydrogen) atoms. The van der Waals surface area contributed by atoms with Gasteiger partial charge in [-0.05, 0) is 24.3 Å². The van der Waals surface area contributed by atoms with Crippen LogP contribution in [0.1, 0.15) is 10.5 Å². The molecule has 128 valence electrons. The van der Waals surface area contributed by atoms with E-state index in [1.54, 1.807) is 25.2 Å². The average Bonchev–Trinajstić information content (AvgIpc) is 3.03. The smallest absolute Gasteiger partial charge is 0.282 e. The number of aromatic nitrogens is 3. The molecule has 2 aromatic carbocycles. The van der Waals surface area contributed by atoms with Gasteiger partial charge in [-0.3, -0.25) is 4.79 Å². The highest BCUT2D eigenvalue weighted by molar-refractivity contribution is 6.32. The predicted molar refractivity (Wildman–Crippen MR) is 96.5 cm³/mol.